The third-order valence-corrected chi connectivity index (χ3v) is 2.96. The number of hydrogen-bond acceptors (Lipinski definition) is 5. The Hall–Kier alpha value is -1.82. The largest absolute Gasteiger partial charge is 0.469 e. The molecule has 0 fully saturated rings. The zero-order valence-corrected chi connectivity index (χ0v) is 9.83. The lowest BCUT2D eigenvalue weighted by Crippen LogP contribution is -2.04. The van der Waals surface area contributed by atoms with E-state index >= 15 is 0 Å². The second-order valence-electron chi connectivity index (χ2n) is 3.26. The Morgan fingerprint density at radius 1 is 1.53 bits per heavy atom. The highest BCUT2D eigenvalue weighted by Gasteiger charge is 2.09. The van der Waals surface area contributed by atoms with Crippen LogP contribution in [0.5, 0.6) is 0 Å². The standard InChI is InChI=1S/C11H9FN2O2S/c1-16-10(15)4-8-6-17-11(14-8)9-3-2-7(12)5-13-9/h2-3,5-6H,4H2,1H3. The van der Waals surface area contributed by atoms with Gasteiger partial charge in [-0.1, -0.05) is 0 Å². The topological polar surface area (TPSA) is 52.1 Å². The van der Waals surface area contributed by atoms with Crippen LogP contribution >= 0.6 is 11.3 Å². The minimum atomic E-state index is -0.389. The average Bonchev–Trinajstić information content (AvgIpc) is 2.78. The van der Waals surface area contributed by atoms with Gasteiger partial charge in [0.1, 0.15) is 10.8 Å². The molecule has 0 N–H and O–H groups in total. The van der Waals surface area contributed by atoms with Crippen molar-refractivity contribution < 1.29 is 13.9 Å². The minimum absolute atomic E-state index is 0.133. The molecule has 0 atom stereocenters. The maximum Gasteiger partial charge on any atom is 0.311 e. The predicted octanol–water partition coefficient (Wildman–Crippen LogP) is 2.06. The summed E-state index contributed by atoms with van der Waals surface area (Å²) in [6.45, 7) is 0. The zero-order valence-electron chi connectivity index (χ0n) is 9.01. The Morgan fingerprint density at radius 3 is 3.00 bits per heavy atom. The molecule has 0 radical (unpaired) electrons. The van der Waals surface area contributed by atoms with E-state index in [0.717, 1.165) is 6.20 Å². The van der Waals surface area contributed by atoms with Crippen molar-refractivity contribution in [3.63, 3.8) is 0 Å². The summed E-state index contributed by atoms with van der Waals surface area (Å²) in [6, 6.07) is 2.87. The number of hydrogen-bond donors (Lipinski definition) is 0. The van der Waals surface area contributed by atoms with Gasteiger partial charge in [0.15, 0.2) is 0 Å². The number of esters is 1. The lowest BCUT2D eigenvalue weighted by atomic mass is 10.3. The second kappa shape index (κ2) is 5.01. The van der Waals surface area contributed by atoms with E-state index in [1.807, 2.05) is 0 Å². The molecule has 0 bridgehead atoms. The lowest BCUT2D eigenvalue weighted by molar-refractivity contribution is -0.139. The summed E-state index contributed by atoms with van der Waals surface area (Å²) in [5.41, 5.74) is 1.22. The normalized spacial score (nSPS) is 10.2. The van der Waals surface area contributed by atoms with Gasteiger partial charge in [0, 0.05) is 5.38 Å². The van der Waals surface area contributed by atoms with E-state index in [2.05, 4.69) is 14.7 Å². The van der Waals surface area contributed by atoms with Gasteiger partial charge in [0.25, 0.3) is 0 Å². The van der Waals surface area contributed by atoms with E-state index in [0.29, 0.717) is 16.4 Å². The number of nitrogens with zero attached hydrogens (tertiary/aromatic N) is 2. The molecule has 4 nitrogen and oxygen atoms in total. The van der Waals surface area contributed by atoms with Crippen molar-refractivity contribution >= 4 is 17.3 Å². The summed E-state index contributed by atoms with van der Waals surface area (Å²) in [7, 11) is 1.33. The van der Waals surface area contributed by atoms with E-state index in [1.54, 1.807) is 11.4 Å². The number of halogens is 1. The van der Waals surface area contributed by atoms with Crippen molar-refractivity contribution in [2.24, 2.45) is 0 Å². The molecule has 17 heavy (non-hydrogen) atoms. The molecule has 0 unspecified atom stereocenters. The van der Waals surface area contributed by atoms with Crippen LogP contribution in [0.4, 0.5) is 4.39 Å². The fourth-order valence-corrected chi connectivity index (χ4v) is 2.02. The lowest BCUT2D eigenvalue weighted by Gasteiger charge is -1.95. The van der Waals surface area contributed by atoms with Gasteiger partial charge in [-0.05, 0) is 12.1 Å². The van der Waals surface area contributed by atoms with Crippen LogP contribution in [0.3, 0.4) is 0 Å². The number of aromatic nitrogens is 2. The number of carbonyl (C=O) groups excluding carboxylic acids is 1. The van der Waals surface area contributed by atoms with Crippen molar-refractivity contribution in [2.45, 2.75) is 6.42 Å². The van der Waals surface area contributed by atoms with Gasteiger partial charge < -0.3 is 4.74 Å². The molecule has 0 saturated heterocycles. The highest BCUT2D eigenvalue weighted by atomic mass is 32.1. The monoisotopic (exact) mass is 252 g/mol. The maximum atomic E-state index is 12.7. The van der Waals surface area contributed by atoms with Crippen molar-refractivity contribution in [1.29, 1.82) is 0 Å². The number of carbonyl (C=O) groups is 1. The highest BCUT2D eigenvalue weighted by Crippen LogP contribution is 2.22. The predicted molar refractivity (Wildman–Crippen MR) is 61.0 cm³/mol. The average molecular weight is 252 g/mol. The van der Waals surface area contributed by atoms with Crippen molar-refractivity contribution in [3.8, 4) is 10.7 Å². The summed E-state index contributed by atoms with van der Waals surface area (Å²) in [5.74, 6) is -0.728. The second-order valence-corrected chi connectivity index (χ2v) is 4.12. The summed E-state index contributed by atoms with van der Waals surface area (Å²) < 4.78 is 17.2. The molecule has 2 aromatic rings. The van der Waals surface area contributed by atoms with Crippen molar-refractivity contribution in [2.75, 3.05) is 7.11 Å². The molecule has 0 spiro atoms. The molecule has 2 heterocycles. The molecule has 0 saturated carbocycles. The van der Waals surface area contributed by atoms with E-state index < -0.39 is 0 Å². The Balaban J connectivity index is 2.18. The summed E-state index contributed by atoms with van der Waals surface area (Å²) >= 11 is 1.36. The molecule has 2 rings (SSSR count). The molecule has 0 aliphatic carbocycles. The zero-order chi connectivity index (χ0) is 12.3. The van der Waals surface area contributed by atoms with E-state index in [1.165, 1.54) is 24.5 Å². The van der Waals surface area contributed by atoms with Crippen LogP contribution < -0.4 is 0 Å². The molecule has 88 valence electrons. The van der Waals surface area contributed by atoms with Gasteiger partial charge in [-0.3, -0.25) is 9.78 Å². The van der Waals surface area contributed by atoms with Crippen molar-refractivity contribution in [3.05, 3.63) is 35.2 Å². The van der Waals surface area contributed by atoms with Crippen LogP contribution in [-0.2, 0) is 16.0 Å². The fourth-order valence-electron chi connectivity index (χ4n) is 1.23. The molecule has 6 heteroatoms. The first kappa shape index (κ1) is 11.7. The number of ether oxygens (including phenoxy) is 1. The molecule has 0 aromatic carbocycles. The van der Waals surface area contributed by atoms with Crippen LogP contribution in [0.25, 0.3) is 10.7 Å². The molecule has 0 aliphatic rings. The van der Waals surface area contributed by atoms with E-state index in [4.69, 9.17) is 0 Å². The summed E-state index contributed by atoms with van der Waals surface area (Å²) in [6.07, 6.45) is 1.27. The first-order valence-electron chi connectivity index (χ1n) is 4.82. The van der Waals surface area contributed by atoms with Crippen LogP contribution in [0.2, 0.25) is 0 Å². The summed E-state index contributed by atoms with van der Waals surface area (Å²) in [5, 5.41) is 2.42. The highest BCUT2D eigenvalue weighted by molar-refractivity contribution is 7.13. The molecular formula is C11H9FN2O2S. The van der Waals surface area contributed by atoms with Crippen LogP contribution in [0.1, 0.15) is 5.69 Å². The van der Waals surface area contributed by atoms with Crippen molar-refractivity contribution in [1.82, 2.24) is 9.97 Å². The molecule has 0 amide bonds. The van der Waals surface area contributed by atoms with Gasteiger partial charge in [-0.15, -0.1) is 11.3 Å². The number of rotatable bonds is 3. The van der Waals surface area contributed by atoms with Gasteiger partial charge in [-0.2, -0.15) is 0 Å². The quantitative estimate of drug-likeness (QED) is 0.785. The van der Waals surface area contributed by atoms with Crippen LogP contribution in [0, 0.1) is 5.82 Å². The molecule has 0 aliphatic heterocycles. The third-order valence-electron chi connectivity index (χ3n) is 2.05. The Kier molecular flexibility index (Phi) is 3.43. The fraction of sp³-hybridized carbons (Fsp3) is 0.182. The Labute approximate surface area is 101 Å². The SMILES string of the molecule is COC(=O)Cc1csc(-c2ccc(F)cn2)n1. The first-order valence-corrected chi connectivity index (χ1v) is 5.70. The smallest absolute Gasteiger partial charge is 0.311 e. The maximum absolute atomic E-state index is 12.7. The first-order chi connectivity index (χ1) is 8.19. The van der Waals surface area contributed by atoms with Crippen LogP contribution in [-0.4, -0.2) is 23.0 Å². The Bertz CT molecular complexity index is 525. The van der Waals surface area contributed by atoms with Gasteiger partial charge >= 0.3 is 5.97 Å². The van der Waals surface area contributed by atoms with E-state index in [-0.39, 0.29) is 18.2 Å². The minimum Gasteiger partial charge on any atom is -0.469 e. The number of thiazole rings is 1. The number of methoxy groups -OCH3 is 1. The molecule has 2 aromatic heterocycles. The molecular weight excluding hydrogens is 243 g/mol. The summed E-state index contributed by atoms with van der Waals surface area (Å²) in [4.78, 5) is 19.2. The third kappa shape index (κ3) is 2.85. The van der Waals surface area contributed by atoms with Gasteiger partial charge in [0.2, 0.25) is 0 Å². The van der Waals surface area contributed by atoms with Crippen LogP contribution in [0.15, 0.2) is 23.7 Å². The Morgan fingerprint density at radius 2 is 2.35 bits per heavy atom. The van der Waals surface area contributed by atoms with Gasteiger partial charge in [-0.25, -0.2) is 9.37 Å². The van der Waals surface area contributed by atoms with E-state index in [9.17, 15) is 9.18 Å². The van der Waals surface area contributed by atoms with Gasteiger partial charge in [0.05, 0.1) is 31.1 Å². The number of pyridine rings is 1.